The topological polar surface area (TPSA) is 16.1 Å². The summed E-state index contributed by atoms with van der Waals surface area (Å²) in [6.45, 7) is 6.76. The second kappa shape index (κ2) is 4.92. The Hall–Kier alpha value is -0.280. The summed E-state index contributed by atoms with van der Waals surface area (Å²) in [6.07, 6.45) is 1.85. The predicted molar refractivity (Wildman–Crippen MR) is 72.0 cm³/mol. The molecule has 0 saturated carbocycles. The summed E-state index contributed by atoms with van der Waals surface area (Å²) in [5.74, 6) is 3.03. The molecule has 2 unspecified atom stereocenters. The number of pyridine rings is 1. The van der Waals surface area contributed by atoms with E-state index in [2.05, 4.69) is 45.7 Å². The molecular formula is C12H16BrClN2. The van der Waals surface area contributed by atoms with Gasteiger partial charge in [0.15, 0.2) is 0 Å². The molecule has 1 fully saturated rings. The molecular weight excluding hydrogens is 288 g/mol. The molecule has 1 aliphatic heterocycles. The fourth-order valence-corrected chi connectivity index (χ4v) is 2.74. The van der Waals surface area contributed by atoms with E-state index in [0.717, 1.165) is 40.8 Å². The summed E-state index contributed by atoms with van der Waals surface area (Å²) in [6, 6.07) is 2.06. The van der Waals surface area contributed by atoms with Gasteiger partial charge in [0.2, 0.25) is 0 Å². The number of hydrogen-bond acceptors (Lipinski definition) is 2. The van der Waals surface area contributed by atoms with Gasteiger partial charge in [-0.3, -0.25) is 0 Å². The van der Waals surface area contributed by atoms with E-state index in [9.17, 15) is 0 Å². The third-order valence-electron chi connectivity index (χ3n) is 3.34. The number of nitrogens with zero attached hydrogens (tertiary/aromatic N) is 2. The molecule has 0 bridgehead atoms. The number of halogens is 2. The fraction of sp³-hybridized carbons (Fsp3) is 0.583. The van der Waals surface area contributed by atoms with Gasteiger partial charge in [-0.2, -0.15) is 0 Å². The molecule has 0 spiro atoms. The largest absolute Gasteiger partial charge is 0.356 e. The molecule has 2 atom stereocenters. The SMILES string of the molecule is CC1CN(c2ncc(Br)cc2CCl)CC1C. The molecule has 0 N–H and O–H groups in total. The lowest BCUT2D eigenvalue weighted by molar-refractivity contribution is 0.494. The van der Waals surface area contributed by atoms with Crippen LogP contribution in [-0.4, -0.2) is 18.1 Å². The van der Waals surface area contributed by atoms with Crippen molar-refractivity contribution < 1.29 is 0 Å². The van der Waals surface area contributed by atoms with Crippen molar-refractivity contribution in [1.29, 1.82) is 0 Å². The Morgan fingerprint density at radius 1 is 1.44 bits per heavy atom. The molecule has 0 aliphatic carbocycles. The summed E-state index contributed by atoms with van der Waals surface area (Å²) in [5, 5.41) is 0. The number of rotatable bonds is 2. The number of anilines is 1. The molecule has 1 aromatic rings. The van der Waals surface area contributed by atoms with Gasteiger partial charge in [0, 0.05) is 29.3 Å². The molecule has 88 valence electrons. The van der Waals surface area contributed by atoms with Crippen LogP contribution in [0, 0.1) is 11.8 Å². The molecule has 2 rings (SSSR count). The molecule has 1 saturated heterocycles. The first kappa shape index (κ1) is 12.2. The lowest BCUT2D eigenvalue weighted by Crippen LogP contribution is -2.22. The van der Waals surface area contributed by atoms with E-state index < -0.39 is 0 Å². The van der Waals surface area contributed by atoms with Gasteiger partial charge < -0.3 is 4.90 Å². The quantitative estimate of drug-likeness (QED) is 0.775. The summed E-state index contributed by atoms with van der Waals surface area (Å²) in [7, 11) is 0. The summed E-state index contributed by atoms with van der Waals surface area (Å²) < 4.78 is 0.993. The third-order valence-corrected chi connectivity index (χ3v) is 4.06. The Morgan fingerprint density at radius 2 is 2.06 bits per heavy atom. The molecule has 0 radical (unpaired) electrons. The Bertz CT molecular complexity index is 373. The maximum atomic E-state index is 5.97. The monoisotopic (exact) mass is 302 g/mol. The number of hydrogen-bond donors (Lipinski definition) is 0. The van der Waals surface area contributed by atoms with Crippen molar-refractivity contribution in [1.82, 2.24) is 4.98 Å². The van der Waals surface area contributed by atoms with Crippen LogP contribution in [0.4, 0.5) is 5.82 Å². The number of aromatic nitrogens is 1. The van der Waals surface area contributed by atoms with Gasteiger partial charge in [-0.25, -0.2) is 4.98 Å². The second-order valence-electron chi connectivity index (χ2n) is 4.63. The van der Waals surface area contributed by atoms with E-state index >= 15 is 0 Å². The van der Waals surface area contributed by atoms with Crippen molar-refractivity contribution in [3.05, 3.63) is 22.3 Å². The van der Waals surface area contributed by atoms with Crippen LogP contribution in [0.15, 0.2) is 16.7 Å². The normalized spacial score (nSPS) is 25.1. The zero-order valence-electron chi connectivity index (χ0n) is 9.58. The van der Waals surface area contributed by atoms with E-state index in [1.54, 1.807) is 0 Å². The highest BCUT2D eigenvalue weighted by Crippen LogP contribution is 2.30. The van der Waals surface area contributed by atoms with Crippen LogP contribution in [0.2, 0.25) is 0 Å². The average molecular weight is 304 g/mol. The molecule has 2 heterocycles. The maximum absolute atomic E-state index is 5.97. The van der Waals surface area contributed by atoms with Crippen LogP contribution in [-0.2, 0) is 5.88 Å². The van der Waals surface area contributed by atoms with Gasteiger partial charge in [0.05, 0.1) is 5.88 Å². The molecule has 0 amide bonds. The zero-order valence-corrected chi connectivity index (χ0v) is 11.9. The molecule has 16 heavy (non-hydrogen) atoms. The van der Waals surface area contributed by atoms with Crippen LogP contribution in [0.1, 0.15) is 19.4 Å². The minimum absolute atomic E-state index is 0.515. The van der Waals surface area contributed by atoms with Crippen LogP contribution in [0.3, 0.4) is 0 Å². The smallest absolute Gasteiger partial charge is 0.133 e. The molecule has 1 aromatic heterocycles. The highest BCUT2D eigenvalue weighted by atomic mass is 79.9. The summed E-state index contributed by atoms with van der Waals surface area (Å²) >= 11 is 9.40. The van der Waals surface area contributed by atoms with Gasteiger partial charge >= 0.3 is 0 Å². The lowest BCUT2D eigenvalue weighted by Gasteiger charge is -2.20. The summed E-state index contributed by atoms with van der Waals surface area (Å²) in [4.78, 5) is 6.84. The minimum Gasteiger partial charge on any atom is -0.356 e. The van der Waals surface area contributed by atoms with Gasteiger partial charge in [0.25, 0.3) is 0 Å². The van der Waals surface area contributed by atoms with E-state index in [1.807, 2.05) is 6.20 Å². The highest BCUT2D eigenvalue weighted by Gasteiger charge is 2.28. The molecule has 0 aromatic carbocycles. The Kier molecular flexibility index (Phi) is 3.75. The maximum Gasteiger partial charge on any atom is 0.133 e. The van der Waals surface area contributed by atoms with Gasteiger partial charge in [-0.15, -0.1) is 11.6 Å². The standard InChI is InChI=1S/C12H16BrClN2/c1-8-6-16(7-9(8)2)12-10(4-14)3-11(13)5-15-12/h3,5,8-9H,4,6-7H2,1-2H3. The average Bonchev–Trinajstić information content (AvgIpc) is 2.59. The van der Waals surface area contributed by atoms with E-state index in [1.165, 1.54) is 0 Å². The number of alkyl halides is 1. The van der Waals surface area contributed by atoms with Crippen LogP contribution >= 0.6 is 27.5 Å². The Morgan fingerprint density at radius 3 is 2.62 bits per heavy atom. The first-order valence-electron chi connectivity index (χ1n) is 5.57. The van der Waals surface area contributed by atoms with Crippen molar-refractivity contribution in [2.24, 2.45) is 11.8 Å². The van der Waals surface area contributed by atoms with Crippen LogP contribution in [0.25, 0.3) is 0 Å². The van der Waals surface area contributed by atoms with Crippen molar-refractivity contribution in [3.8, 4) is 0 Å². The van der Waals surface area contributed by atoms with Gasteiger partial charge in [0.1, 0.15) is 5.82 Å². The molecule has 4 heteroatoms. The third kappa shape index (κ3) is 2.35. The zero-order chi connectivity index (χ0) is 11.7. The van der Waals surface area contributed by atoms with Gasteiger partial charge in [-0.1, -0.05) is 13.8 Å². The summed E-state index contributed by atoms with van der Waals surface area (Å²) in [5.41, 5.74) is 1.11. The van der Waals surface area contributed by atoms with Crippen molar-refractivity contribution in [3.63, 3.8) is 0 Å². The second-order valence-corrected chi connectivity index (χ2v) is 5.81. The van der Waals surface area contributed by atoms with E-state index in [4.69, 9.17) is 11.6 Å². The Balaban J connectivity index is 2.27. The fourth-order valence-electron chi connectivity index (χ4n) is 2.16. The molecule has 1 aliphatic rings. The first-order valence-corrected chi connectivity index (χ1v) is 6.90. The van der Waals surface area contributed by atoms with Crippen molar-refractivity contribution in [2.45, 2.75) is 19.7 Å². The predicted octanol–water partition coefficient (Wildman–Crippen LogP) is 3.68. The highest BCUT2D eigenvalue weighted by molar-refractivity contribution is 9.10. The minimum atomic E-state index is 0.515. The first-order chi connectivity index (χ1) is 7.61. The Labute approximate surface area is 110 Å². The molecule has 2 nitrogen and oxygen atoms in total. The van der Waals surface area contributed by atoms with Crippen LogP contribution < -0.4 is 4.90 Å². The van der Waals surface area contributed by atoms with Gasteiger partial charge in [-0.05, 0) is 33.8 Å². The van der Waals surface area contributed by atoms with Crippen LogP contribution in [0.5, 0.6) is 0 Å². The van der Waals surface area contributed by atoms with E-state index in [-0.39, 0.29) is 0 Å². The van der Waals surface area contributed by atoms with Crippen molar-refractivity contribution >= 4 is 33.3 Å². The van der Waals surface area contributed by atoms with E-state index in [0.29, 0.717) is 5.88 Å². The lowest BCUT2D eigenvalue weighted by atomic mass is 10.0. The van der Waals surface area contributed by atoms with Crippen molar-refractivity contribution in [2.75, 3.05) is 18.0 Å².